The smallest absolute Gasteiger partial charge is 0.223 e. The molecule has 3 aromatic carbocycles. The molecular weight excluding hydrogens is 432 g/mol. The number of nitrogens with one attached hydrogen (secondary N) is 1. The lowest BCUT2D eigenvalue weighted by Crippen LogP contribution is -2.42. The molecule has 1 aliphatic rings. The first kappa shape index (κ1) is 23.2. The topological polar surface area (TPSA) is 50.2 Å². The number of benzene rings is 3. The van der Waals surface area contributed by atoms with Crippen LogP contribution in [0.4, 0.5) is 5.95 Å². The normalized spacial score (nSPS) is 14.4. The number of aromatic nitrogens is 2. The quantitative estimate of drug-likeness (QED) is 0.403. The lowest BCUT2D eigenvalue weighted by molar-refractivity contribution is -0.125. The number of rotatable bonds is 7. The van der Waals surface area contributed by atoms with Crippen molar-refractivity contribution in [2.24, 2.45) is 5.92 Å². The minimum Gasteiger partial charge on any atom is -0.356 e. The van der Waals surface area contributed by atoms with E-state index in [0.29, 0.717) is 6.54 Å². The fraction of sp³-hybridized carbons (Fsp3) is 0.333. The van der Waals surface area contributed by atoms with Crippen LogP contribution >= 0.6 is 0 Å². The zero-order valence-electron chi connectivity index (χ0n) is 20.7. The Morgan fingerprint density at radius 1 is 0.971 bits per heavy atom. The predicted molar refractivity (Wildman–Crippen MR) is 143 cm³/mol. The number of imidazole rings is 1. The second-order valence-electron chi connectivity index (χ2n) is 9.70. The third-order valence-electron chi connectivity index (χ3n) is 7.17. The first-order chi connectivity index (χ1) is 17.1. The summed E-state index contributed by atoms with van der Waals surface area (Å²) in [4.78, 5) is 20.2. The summed E-state index contributed by atoms with van der Waals surface area (Å²) in [6.07, 6.45) is 2.57. The van der Waals surface area contributed by atoms with Crippen LogP contribution in [-0.2, 0) is 17.8 Å². The van der Waals surface area contributed by atoms with E-state index in [2.05, 4.69) is 77.2 Å². The minimum absolute atomic E-state index is 0.0684. The van der Waals surface area contributed by atoms with Gasteiger partial charge in [-0.05, 0) is 61.9 Å². The molecule has 180 valence electrons. The number of amides is 1. The van der Waals surface area contributed by atoms with Crippen molar-refractivity contribution in [2.45, 2.75) is 39.7 Å². The Bertz CT molecular complexity index is 1300. The number of carbonyl (C=O) groups is 1. The maximum Gasteiger partial charge on any atom is 0.223 e. The van der Waals surface area contributed by atoms with Crippen LogP contribution in [0.2, 0.25) is 0 Å². The van der Waals surface area contributed by atoms with Crippen LogP contribution in [0.25, 0.3) is 11.0 Å². The summed E-state index contributed by atoms with van der Waals surface area (Å²) in [5.74, 6) is 1.26. The van der Waals surface area contributed by atoms with Crippen LogP contribution in [0.5, 0.6) is 0 Å². The predicted octanol–water partition coefficient (Wildman–Crippen LogP) is 5.28. The average molecular weight is 467 g/mol. The van der Waals surface area contributed by atoms with Gasteiger partial charge in [-0.3, -0.25) is 4.79 Å². The summed E-state index contributed by atoms with van der Waals surface area (Å²) in [5, 5.41) is 3.15. The molecule has 0 bridgehead atoms. The molecule has 0 aliphatic carbocycles. The molecule has 1 saturated heterocycles. The van der Waals surface area contributed by atoms with Gasteiger partial charge in [0.2, 0.25) is 11.9 Å². The van der Waals surface area contributed by atoms with Crippen LogP contribution < -0.4 is 10.2 Å². The number of aryl methyl sites for hydroxylation is 2. The van der Waals surface area contributed by atoms with Crippen molar-refractivity contribution >= 4 is 22.9 Å². The molecule has 2 heterocycles. The van der Waals surface area contributed by atoms with Gasteiger partial charge in [-0.1, -0.05) is 66.2 Å². The lowest BCUT2D eigenvalue weighted by atomic mass is 9.96. The monoisotopic (exact) mass is 466 g/mol. The maximum atomic E-state index is 12.8. The van der Waals surface area contributed by atoms with E-state index >= 15 is 0 Å². The largest absolute Gasteiger partial charge is 0.356 e. The molecule has 1 N–H and O–H groups in total. The molecule has 5 nitrogen and oxygen atoms in total. The summed E-state index contributed by atoms with van der Waals surface area (Å²) in [5.41, 5.74) is 7.33. The summed E-state index contributed by atoms with van der Waals surface area (Å²) < 4.78 is 2.34. The number of anilines is 1. The third kappa shape index (κ3) is 5.24. The summed E-state index contributed by atoms with van der Waals surface area (Å²) >= 11 is 0. The number of carbonyl (C=O) groups excluding carboxylic acids is 1. The molecule has 0 spiro atoms. The lowest BCUT2D eigenvalue weighted by Gasteiger charge is -2.32. The highest BCUT2D eigenvalue weighted by Crippen LogP contribution is 2.28. The van der Waals surface area contributed by atoms with Crippen molar-refractivity contribution in [3.63, 3.8) is 0 Å². The fourth-order valence-electron chi connectivity index (χ4n) is 5.06. The molecular formula is C30H34N4O. The van der Waals surface area contributed by atoms with Crippen LogP contribution in [0.15, 0.2) is 72.8 Å². The number of piperidine rings is 1. The van der Waals surface area contributed by atoms with Gasteiger partial charge in [0, 0.05) is 25.6 Å². The molecule has 5 rings (SSSR count). The van der Waals surface area contributed by atoms with Gasteiger partial charge in [0.1, 0.15) is 0 Å². The van der Waals surface area contributed by atoms with E-state index < -0.39 is 0 Å². The van der Waals surface area contributed by atoms with Crippen molar-refractivity contribution in [1.82, 2.24) is 14.9 Å². The SMILES string of the molecule is Cc1ccc(C)c(Cn2c(N3CCC(C(=O)NCCc4ccccc4)CC3)nc3ccccc32)c1. The van der Waals surface area contributed by atoms with Crippen molar-refractivity contribution in [3.05, 3.63) is 95.1 Å². The number of fused-ring (bicyclic) bond motifs is 1. The molecule has 0 atom stereocenters. The van der Waals surface area contributed by atoms with Gasteiger partial charge in [-0.15, -0.1) is 0 Å². The van der Waals surface area contributed by atoms with Crippen molar-refractivity contribution in [2.75, 3.05) is 24.5 Å². The zero-order valence-corrected chi connectivity index (χ0v) is 20.7. The number of hydrogen-bond acceptors (Lipinski definition) is 3. The van der Waals surface area contributed by atoms with Crippen molar-refractivity contribution < 1.29 is 4.79 Å². The molecule has 1 aromatic heterocycles. The van der Waals surface area contributed by atoms with Crippen LogP contribution in [-0.4, -0.2) is 35.1 Å². The van der Waals surface area contributed by atoms with Gasteiger partial charge < -0.3 is 14.8 Å². The Morgan fingerprint density at radius 3 is 2.51 bits per heavy atom. The molecule has 1 fully saturated rings. The number of nitrogens with zero attached hydrogens (tertiary/aromatic N) is 3. The van der Waals surface area contributed by atoms with Gasteiger partial charge in [-0.25, -0.2) is 4.98 Å². The van der Waals surface area contributed by atoms with E-state index in [4.69, 9.17) is 4.98 Å². The molecule has 0 saturated carbocycles. The van der Waals surface area contributed by atoms with Gasteiger partial charge in [0.25, 0.3) is 0 Å². The molecule has 4 aromatic rings. The van der Waals surface area contributed by atoms with E-state index in [0.717, 1.165) is 55.9 Å². The van der Waals surface area contributed by atoms with E-state index in [9.17, 15) is 4.79 Å². The highest BCUT2D eigenvalue weighted by Gasteiger charge is 2.27. The molecule has 5 heteroatoms. The van der Waals surface area contributed by atoms with Crippen molar-refractivity contribution in [1.29, 1.82) is 0 Å². The summed E-state index contributed by atoms with van der Waals surface area (Å²) in [7, 11) is 0. The maximum absolute atomic E-state index is 12.8. The van der Waals surface area contributed by atoms with E-state index in [1.165, 1.54) is 22.3 Å². The van der Waals surface area contributed by atoms with Gasteiger partial charge >= 0.3 is 0 Å². The standard InChI is InChI=1S/C30H34N4O/c1-22-12-13-23(2)26(20-22)21-34-28-11-7-6-10-27(28)32-30(34)33-18-15-25(16-19-33)29(35)31-17-14-24-8-4-3-5-9-24/h3-13,20,25H,14-19,21H2,1-2H3,(H,31,35). The number of hydrogen-bond donors (Lipinski definition) is 1. The minimum atomic E-state index is 0.0684. The summed E-state index contributed by atoms with van der Waals surface area (Å²) in [6.45, 7) is 7.48. The van der Waals surface area contributed by atoms with Crippen LogP contribution in [0, 0.1) is 19.8 Å². The Hall–Kier alpha value is -3.60. The Kier molecular flexibility index (Phi) is 6.84. The molecule has 1 amide bonds. The molecule has 1 aliphatic heterocycles. The van der Waals surface area contributed by atoms with Crippen LogP contribution in [0.1, 0.15) is 35.1 Å². The Labute approximate surface area is 207 Å². The first-order valence-electron chi connectivity index (χ1n) is 12.7. The second-order valence-corrected chi connectivity index (χ2v) is 9.70. The highest BCUT2D eigenvalue weighted by molar-refractivity contribution is 5.80. The fourth-order valence-corrected chi connectivity index (χ4v) is 5.06. The molecule has 0 unspecified atom stereocenters. The first-order valence-corrected chi connectivity index (χ1v) is 12.7. The average Bonchev–Trinajstić information content (AvgIpc) is 3.25. The molecule has 35 heavy (non-hydrogen) atoms. The van der Waals surface area contributed by atoms with Gasteiger partial charge in [0.15, 0.2) is 0 Å². The Balaban J connectivity index is 1.27. The van der Waals surface area contributed by atoms with Gasteiger partial charge in [-0.2, -0.15) is 0 Å². The zero-order chi connectivity index (χ0) is 24.2. The van der Waals surface area contributed by atoms with E-state index in [1.54, 1.807) is 0 Å². The number of para-hydroxylation sites is 2. The van der Waals surface area contributed by atoms with Crippen LogP contribution in [0.3, 0.4) is 0 Å². The van der Waals surface area contributed by atoms with Gasteiger partial charge in [0.05, 0.1) is 17.6 Å². The highest BCUT2D eigenvalue weighted by atomic mass is 16.1. The summed E-state index contributed by atoms with van der Waals surface area (Å²) in [6, 6.07) is 25.3. The van der Waals surface area contributed by atoms with E-state index in [1.807, 2.05) is 24.3 Å². The second kappa shape index (κ2) is 10.3. The third-order valence-corrected chi connectivity index (χ3v) is 7.17. The molecule has 0 radical (unpaired) electrons. The Morgan fingerprint density at radius 2 is 1.71 bits per heavy atom. The van der Waals surface area contributed by atoms with Crippen molar-refractivity contribution in [3.8, 4) is 0 Å². The van der Waals surface area contributed by atoms with E-state index in [-0.39, 0.29) is 11.8 Å².